The van der Waals surface area contributed by atoms with Gasteiger partial charge in [0.05, 0.1) is 6.10 Å². The highest BCUT2D eigenvalue weighted by Crippen LogP contribution is 2.36. The Morgan fingerprint density at radius 2 is 1.86 bits per heavy atom. The molecule has 2 fully saturated rings. The van der Waals surface area contributed by atoms with Crippen LogP contribution >= 0.6 is 0 Å². The number of piperidine rings is 1. The molecule has 1 saturated carbocycles. The number of carbonyl (C=O) groups excluding carboxylic acids is 4. The van der Waals surface area contributed by atoms with Gasteiger partial charge in [0.1, 0.15) is 11.8 Å². The van der Waals surface area contributed by atoms with E-state index >= 15 is 0 Å². The zero-order valence-electron chi connectivity index (χ0n) is 18.9. The molecule has 11 heteroatoms. The fourth-order valence-electron chi connectivity index (χ4n) is 4.43. The van der Waals surface area contributed by atoms with Crippen molar-refractivity contribution in [2.24, 2.45) is 0 Å². The number of imide groups is 1. The second-order valence-electron chi connectivity index (χ2n) is 9.11. The average molecular weight is 501 g/mol. The van der Waals surface area contributed by atoms with E-state index in [1.807, 2.05) is 0 Å². The Morgan fingerprint density at radius 1 is 1.08 bits per heavy atom. The van der Waals surface area contributed by atoms with E-state index in [-0.39, 0.29) is 42.2 Å². The summed E-state index contributed by atoms with van der Waals surface area (Å²) in [5, 5.41) is 4.26. The molecule has 2 aromatic carbocycles. The third-order valence-corrected chi connectivity index (χ3v) is 6.41. The van der Waals surface area contributed by atoms with Crippen molar-refractivity contribution in [2.75, 3.05) is 0 Å². The van der Waals surface area contributed by atoms with Gasteiger partial charge < -0.3 is 15.0 Å². The van der Waals surface area contributed by atoms with Crippen LogP contribution in [0.1, 0.15) is 63.6 Å². The highest BCUT2D eigenvalue weighted by molar-refractivity contribution is 6.06. The fraction of sp³-hybridized carbons (Fsp3) is 0.360. The number of nitrogens with zero attached hydrogens (tertiary/aromatic N) is 1. The summed E-state index contributed by atoms with van der Waals surface area (Å²) in [6.45, 7) is 0.00478. The van der Waals surface area contributed by atoms with Gasteiger partial charge in [-0.3, -0.25) is 24.5 Å². The first-order chi connectivity index (χ1) is 17.1. The number of halogens is 3. The van der Waals surface area contributed by atoms with Crippen molar-refractivity contribution in [3.63, 3.8) is 0 Å². The molecule has 5 rings (SSSR count). The number of nitrogens with one attached hydrogen (secondary N) is 2. The van der Waals surface area contributed by atoms with E-state index in [4.69, 9.17) is 4.74 Å². The van der Waals surface area contributed by atoms with Gasteiger partial charge in [-0.05, 0) is 60.7 Å². The monoisotopic (exact) mass is 501 g/mol. The predicted molar refractivity (Wildman–Crippen MR) is 119 cm³/mol. The second kappa shape index (κ2) is 8.96. The third-order valence-electron chi connectivity index (χ3n) is 6.41. The van der Waals surface area contributed by atoms with E-state index < -0.39 is 41.9 Å². The molecule has 2 aromatic rings. The van der Waals surface area contributed by atoms with E-state index in [0.29, 0.717) is 11.3 Å². The fourth-order valence-corrected chi connectivity index (χ4v) is 4.43. The Balaban J connectivity index is 1.34. The topological polar surface area (TPSA) is 105 Å². The highest BCUT2D eigenvalue weighted by atomic mass is 19.4. The summed E-state index contributed by atoms with van der Waals surface area (Å²) in [5.74, 6) is -2.08. The Morgan fingerprint density at radius 3 is 2.56 bits per heavy atom. The normalized spacial score (nSPS) is 20.6. The molecule has 0 radical (unpaired) electrons. The number of alkyl halides is 3. The summed E-state index contributed by atoms with van der Waals surface area (Å²) < 4.78 is 47.3. The second-order valence-corrected chi connectivity index (χ2v) is 9.11. The Kier molecular flexibility index (Phi) is 5.93. The SMILES string of the molecule is O=C1CCC(N2Cc3cc(C(=O)NC(c4cccc(OC5CC5)c4)C(F)(F)F)ccc3C2=O)C(=O)N1. The maximum atomic E-state index is 13.9. The zero-order valence-corrected chi connectivity index (χ0v) is 18.9. The van der Waals surface area contributed by atoms with Gasteiger partial charge in [0, 0.05) is 24.1 Å². The molecule has 0 aromatic heterocycles. The summed E-state index contributed by atoms with van der Waals surface area (Å²) >= 11 is 0. The smallest absolute Gasteiger partial charge is 0.412 e. The van der Waals surface area contributed by atoms with Crippen LogP contribution in [0, 0.1) is 0 Å². The largest absolute Gasteiger partial charge is 0.490 e. The van der Waals surface area contributed by atoms with Crippen molar-refractivity contribution in [3.05, 3.63) is 64.7 Å². The zero-order chi connectivity index (χ0) is 25.6. The van der Waals surface area contributed by atoms with Gasteiger partial charge in [0.15, 0.2) is 6.04 Å². The van der Waals surface area contributed by atoms with Crippen molar-refractivity contribution >= 4 is 23.6 Å². The van der Waals surface area contributed by atoms with Crippen LogP contribution in [0.4, 0.5) is 13.2 Å². The maximum absolute atomic E-state index is 13.9. The van der Waals surface area contributed by atoms with Crippen LogP contribution in [-0.2, 0) is 16.1 Å². The summed E-state index contributed by atoms with van der Waals surface area (Å²) in [6.07, 6.45) is -2.78. The van der Waals surface area contributed by atoms with Gasteiger partial charge in [0.2, 0.25) is 11.8 Å². The van der Waals surface area contributed by atoms with E-state index in [1.54, 1.807) is 6.07 Å². The van der Waals surface area contributed by atoms with Crippen LogP contribution < -0.4 is 15.4 Å². The van der Waals surface area contributed by atoms with E-state index in [2.05, 4.69) is 10.6 Å². The molecule has 2 atom stereocenters. The summed E-state index contributed by atoms with van der Waals surface area (Å²) in [7, 11) is 0. The van der Waals surface area contributed by atoms with Crippen molar-refractivity contribution in [2.45, 2.75) is 56.6 Å². The van der Waals surface area contributed by atoms with Gasteiger partial charge in [0.25, 0.3) is 11.8 Å². The van der Waals surface area contributed by atoms with E-state index in [0.717, 1.165) is 12.8 Å². The van der Waals surface area contributed by atoms with Gasteiger partial charge >= 0.3 is 6.18 Å². The molecular weight excluding hydrogens is 479 g/mol. The Labute approximate surface area is 203 Å². The van der Waals surface area contributed by atoms with Crippen LogP contribution in [0.25, 0.3) is 0 Å². The molecule has 3 aliphatic rings. The van der Waals surface area contributed by atoms with Crippen molar-refractivity contribution in [3.8, 4) is 5.75 Å². The summed E-state index contributed by atoms with van der Waals surface area (Å²) in [4.78, 5) is 50.6. The molecule has 8 nitrogen and oxygen atoms in total. The first-order valence-electron chi connectivity index (χ1n) is 11.5. The lowest BCUT2D eigenvalue weighted by Crippen LogP contribution is -2.52. The van der Waals surface area contributed by atoms with Crippen LogP contribution in [0.15, 0.2) is 42.5 Å². The van der Waals surface area contributed by atoms with Crippen LogP contribution in [-0.4, -0.2) is 46.9 Å². The van der Waals surface area contributed by atoms with E-state index in [1.165, 1.54) is 41.3 Å². The molecule has 4 amide bonds. The number of fused-ring (bicyclic) bond motifs is 1. The molecule has 188 valence electrons. The molecule has 36 heavy (non-hydrogen) atoms. The number of rotatable bonds is 6. The molecule has 1 saturated heterocycles. The first kappa shape index (κ1) is 23.8. The van der Waals surface area contributed by atoms with Crippen molar-refractivity contribution < 1.29 is 37.1 Å². The number of hydrogen-bond donors (Lipinski definition) is 2. The standard InChI is InChI=1S/C25H22F3N3O5/c26-25(27,28)21(13-2-1-3-17(11-13)36-16-5-6-16)30-22(33)14-4-7-18-15(10-14)12-31(24(18)35)19-8-9-20(32)29-23(19)34/h1-4,7,10-11,16,19,21H,5-6,8-9,12H2,(H,30,33)(H,29,32,34). The summed E-state index contributed by atoms with van der Waals surface area (Å²) in [5.41, 5.74) is 0.468. The van der Waals surface area contributed by atoms with Gasteiger partial charge in [-0.2, -0.15) is 13.2 Å². The third kappa shape index (κ3) is 4.77. The first-order valence-corrected chi connectivity index (χ1v) is 11.5. The maximum Gasteiger partial charge on any atom is 0.412 e. The minimum Gasteiger partial charge on any atom is -0.490 e. The lowest BCUT2D eigenvalue weighted by molar-refractivity contribution is -0.155. The van der Waals surface area contributed by atoms with Gasteiger partial charge in [-0.15, -0.1) is 0 Å². The lowest BCUT2D eigenvalue weighted by atomic mass is 10.0. The number of carbonyl (C=O) groups is 4. The quantitative estimate of drug-likeness (QED) is 0.593. The van der Waals surface area contributed by atoms with Crippen molar-refractivity contribution in [1.29, 1.82) is 0 Å². The van der Waals surface area contributed by atoms with Crippen molar-refractivity contribution in [1.82, 2.24) is 15.5 Å². The molecule has 1 aliphatic carbocycles. The average Bonchev–Trinajstić information content (AvgIpc) is 3.58. The molecule has 2 heterocycles. The lowest BCUT2D eigenvalue weighted by Gasteiger charge is -2.29. The predicted octanol–water partition coefficient (Wildman–Crippen LogP) is 3.02. The molecular formula is C25H22F3N3O5. The molecule has 2 aliphatic heterocycles. The van der Waals surface area contributed by atoms with Gasteiger partial charge in [-0.25, -0.2) is 0 Å². The van der Waals surface area contributed by atoms with Crippen LogP contribution in [0.5, 0.6) is 5.75 Å². The highest BCUT2D eigenvalue weighted by Gasteiger charge is 2.43. The minimum atomic E-state index is -4.76. The number of ether oxygens (including phenoxy) is 1. The van der Waals surface area contributed by atoms with Crippen LogP contribution in [0.3, 0.4) is 0 Å². The number of benzene rings is 2. The molecule has 2 N–H and O–H groups in total. The molecule has 0 spiro atoms. The minimum absolute atomic E-state index is 0.00478. The molecule has 2 unspecified atom stereocenters. The summed E-state index contributed by atoms with van der Waals surface area (Å²) in [6, 6.07) is 6.47. The number of amides is 4. The number of hydrogen-bond acceptors (Lipinski definition) is 5. The van der Waals surface area contributed by atoms with Crippen LogP contribution in [0.2, 0.25) is 0 Å². The molecule has 0 bridgehead atoms. The van der Waals surface area contributed by atoms with E-state index in [9.17, 15) is 32.3 Å². The Hall–Kier alpha value is -3.89. The van der Waals surface area contributed by atoms with Gasteiger partial charge in [-0.1, -0.05) is 12.1 Å². The Bertz CT molecular complexity index is 1260.